The molecule has 2 aromatic rings. The van der Waals surface area contributed by atoms with E-state index in [0.717, 1.165) is 11.1 Å². The molecule has 1 N–H and O–H groups in total. The smallest absolute Gasteiger partial charge is 0.234 e. The lowest BCUT2D eigenvalue weighted by molar-refractivity contribution is -0.115. The monoisotopic (exact) mass is 305 g/mol. The molecule has 0 fully saturated rings. The van der Waals surface area contributed by atoms with E-state index in [1.165, 1.54) is 18.7 Å². The van der Waals surface area contributed by atoms with E-state index in [1.807, 2.05) is 32.0 Å². The average Bonchev–Trinajstić information content (AvgIpc) is 2.42. The molecule has 21 heavy (non-hydrogen) atoms. The largest absolute Gasteiger partial charge is 0.481 e. The Morgan fingerprint density at radius 2 is 2.00 bits per heavy atom. The Morgan fingerprint density at radius 1 is 1.24 bits per heavy atom. The fourth-order valence-corrected chi connectivity index (χ4v) is 2.00. The number of halogens is 1. The maximum absolute atomic E-state index is 12.0. The first-order chi connectivity index (χ1) is 9.97. The van der Waals surface area contributed by atoms with Crippen molar-refractivity contribution in [3.8, 4) is 5.88 Å². The highest BCUT2D eigenvalue weighted by atomic mass is 35.5. The number of aryl methyl sites for hydroxylation is 2. The molecule has 2 rings (SSSR count). The Balaban J connectivity index is 2.07. The van der Waals surface area contributed by atoms with Gasteiger partial charge in [0.15, 0.2) is 0 Å². The van der Waals surface area contributed by atoms with E-state index < -0.39 is 0 Å². The van der Waals surface area contributed by atoms with Crippen molar-refractivity contribution in [2.24, 2.45) is 0 Å². The number of hydrogen-bond acceptors (Lipinski definition) is 4. The summed E-state index contributed by atoms with van der Waals surface area (Å²) in [4.78, 5) is 20.0. The third-order valence-electron chi connectivity index (χ3n) is 3.07. The number of hydrogen-bond donors (Lipinski definition) is 1. The lowest BCUT2D eigenvalue weighted by Crippen LogP contribution is -2.16. The van der Waals surface area contributed by atoms with Crippen molar-refractivity contribution >= 4 is 23.5 Å². The molecular formula is C15H16ClN3O2. The molecule has 0 spiro atoms. The topological polar surface area (TPSA) is 64.1 Å². The number of methoxy groups -OCH3 is 1. The summed E-state index contributed by atoms with van der Waals surface area (Å²) in [5.74, 6) is 0.229. The van der Waals surface area contributed by atoms with Gasteiger partial charge in [-0.3, -0.25) is 10.1 Å². The van der Waals surface area contributed by atoms with Gasteiger partial charge in [-0.15, -0.1) is 0 Å². The predicted octanol–water partition coefficient (Wildman–Crippen LogP) is 2.94. The molecule has 0 aliphatic carbocycles. The summed E-state index contributed by atoms with van der Waals surface area (Å²) in [5.41, 5.74) is 3.28. The van der Waals surface area contributed by atoms with Gasteiger partial charge in [0, 0.05) is 6.07 Å². The Labute approximate surface area is 128 Å². The second-order valence-electron chi connectivity index (χ2n) is 4.70. The lowest BCUT2D eigenvalue weighted by Gasteiger charge is -2.07. The molecule has 0 unspecified atom stereocenters. The van der Waals surface area contributed by atoms with Gasteiger partial charge >= 0.3 is 0 Å². The lowest BCUT2D eigenvalue weighted by atomic mass is 10.0. The van der Waals surface area contributed by atoms with Crippen LogP contribution in [0.25, 0.3) is 0 Å². The number of carbonyl (C=O) groups excluding carboxylic acids is 1. The summed E-state index contributed by atoms with van der Waals surface area (Å²) >= 11 is 5.83. The van der Waals surface area contributed by atoms with E-state index >= 15 is 0 Å². The minimum Gasteiger partial charge on any atom is -0.481 e. The molecule has 5 nitrogen and oxygen atoms in total. The SMILES string of the molecule is COc1cc(Cl)nc(NC(=O)Cc2ccc(C)c(C)c2)n1. The normalized spacial score (nSPS) is 10.3. The summed E-state index contributed by atoms with van der Waals surface area (Å²) in [5, 5.41) is 2.83. The number of anilines is 1. The predicted molar refractivity (Wildman–Crippen MR) is 81.8 cm³/mol. The molecular weight excluding hydrogens is 290 g/mol. The quantitative estimate of drug-likeness (QED) is 0.882. The Kier molecular flexibility index (Phi) is 4.75. The second-order valence-corrected chi connectivity index (χ2v) is 5.09. The molecule has 0 aliphatic heterocycles. The molecule has 0 aliphatic rings. The Hall–Kier alpha value is -2.14. The first-order valence-electron chi connectivity index (χ1n) is 6.42. The van der Waals surface area contributed by atoms with Crippen molar-refractivity contribution in [3.63, 3.8) is 0 Å². The standard InChI is InChI=1S/C15H16ClN3O2/c1-9-4-5-11(6-10(9)2)7-13(20)18-15-17-12(16)8-14(19-15)21-3/h4-6,8H,7H2,1-3H3,(H,17,18,19,20). The zero-order valence-electron chi connectivity index (χ0n) is 12.1. The van der Waals surface area contributed by atoms with Crippen LogP contribution in [0.2, 0.25) is 5.15 Å². The van der Waals surface area contributed by atoms with Crippen LogP contribution < -0.4 is 10.1 Å². The van der Waals surface area contributed by atoms with Gasteiger partial charge in [0.2, 0.25) is 17.7 Å². The first kappa shape index (κ1) is 15.3. The highest BCUT2D eigenvalue weighted by molar-refractivity contribution is 6.29. The van der Waals surface area contributed by atoms with Crippen LogP contribution in [-0.4, -0.2) is 23.0 Å². The zero-order valence-corrected chi connectivity index (χ0v) is 12.9. The summed E-state index contributed by atoms with van der Waals surface area (Å²) in [6.45, 7) is 4.05. The number of nitrogens with zero attached hydrogens (tertiary/aromatic N) is 2. The fraction of sp³-hybridized carbons (Fsp3) is 0.267. The van der Waals surface area contributed by atoms with Gasteiger partial charge in [0.1, 0.15) is 5.15 Å². The van der Waals surface area contributed by atoms with Crippen molar-refractivity contribution in [1.82, 2.24) is 9.97 Å². The van der Waals surface area contributed by atoms with Gasteiger partial charge in [0.05, 0.1) is 13.5 Å². The molecule has 0 saturated heterocycles. The van der Waals surface area contributed by atoms with Crippen molar-refractivity contribution < 1.29 is 9.53 Å². The van der Waals surface area contributed by atoms with Crippen LogP contribution in [0.4, 0.5) is 5.95 Å². The van der Waals surface area contributed by atoms with Crippen LogP contribution in [0.15, 0.2) is 24.3 Å². The number of aromatic nitrogens is 2. The number of ether oxygens (including phenoxy) is 1. The van der Waals surface area contributed by atoms with E-state index in [-0.39, 0.29) is 23.4 Å². The van der Waals surface area contributed by atoms with Crippen LogP contribution in [0, 0.1) is 13.8 Å². The third kappa shape index (κ3) is 4.16. The van der Waals surface area contributed by atoms with Gasteiger partial charge in [-0.05, 0) is 30.5 Å². The molecule has 110 valence electrons. The zero-order chi connectivity index (χ0) is 15.4. The summed E-state index contributed by atoms with van der Waals surface area (Å²) < 4.78 is 4.98. The Bertz CT molecular complexity index is 674. The third-order valence-corrected chi connectivity index (χ3v) is 3.26. The number of benzene rings is 1. The summed E-state index contributed by atoms with van der Waals surface area (Å²) in [6, 6.07) is 7.40. The van der Waals surface area contributed by atoms with Crippen molar-refractivity contribution in [1.29, 1.82) is 0 Å². The molecule has 0 atom stereocenters. The molecule has 0 saturated carbocycles. The molecule has 1 aromatic heterocycles. The summed E-state index contributed by atoms with van der Waals surface area (Å²) in [6.07, 6.45) is 0.249. The second kappa shape index (κ2) is 6.54. The van der Waals surface area contributed by atoms with Crippen molar-refractivity contribution in [2.45, 2.75) is 20.3 Å². The van der Waals surface area contributed by atoms with Crippen LogP contribution in [0.5, 0.6) is 5.88 Å². The minimum atomic E-state index is -0.206. The first-order valence-corrected chi connectivity index (χ1v) is 6.80. The number of amides is 1. The molecule has 6 heteroatoms. The van der Waals surface area contributed by atoms with E-state index in [2.05, 4.69) is 15.3 Å². The molecule has 1 amide bonds. The van der Waals surface area contributed by atoms with Crippen LogP contribution in [-0.2, 0) is 11.2 Å². The molecule has 0 bridgehead atoms. The highest BCUT2D eigenvalue weighted by Crippen LogP contribution is 2.16. The maximum Gasteiger partial charge on any atom is 0.234 e. The minimum absolute atomic E-state index is 0.133. The van der Waals surface area contributed by atoms with Gasteiger partial charge < -0.3 is 4.74 Å². The van der Waals surface area contributed by atoms with Gasteiger partial charge in [-0.2, -0.15) is 4.98 Å². The van der Waals surface area contributed by atoms with Gasteiger partial charge in [-0.25, -0.2) is 4.98 Å². The van der Waals surface area contributed by atoms with Crippen LogP contribution >= 0.6 is 11.6 Å². The van der Waals surface area contributed by atoms with E-state index in [0.29, 0.717) is 5.88 Å². The van der Waals surface area contributed by atoms with Crippen LogP contribution in [0.1, 0.15) is 16.7 Å². The summed E-state index contributed by atoms with van der Waals surface area (Å²) in [7, 11) is 1.47. The molecule has 1 aromatic carbocycles. The van der Waals surface area contributed by atoms with E-state index in [9.17, 15) is 4.79 Å². The van der Waals surface area contributed by atoms with Gasteiger partial charge in [0.25, 0.3) is 0 Å². The average molecular weight is 306 g/mol. The molecule has 0 radical (unpaired) electrons. The fourth-order valence-electron chi connectivity index (χ4n) is 1.83. The van der Waals surface area contributed by atoms with Crippen molar-refractivity contribution in [2.75, 3.05) is 12.4 Å². The number of nitrogens with one attached hydrogen (secondary N) is 1. The van der Waals surface area contributed by atoms with Crippen LogP contribution in [0.3, 0.4) is 0 Å². The number of carbonyl (C=O) groups is 1. The Morgan fingerprint density at radius 3 is 2.67 bits per heavy atom. The number of rotatable bonds is 4. The molecule has 1 heterocycles. The van der Waals surface area contributed by atoms with Crippen molar-refractivity contribution in [3.05, 3.63) is 46.1 Å². The van der Waals surface area contributed by atoms with E-state index in [1.54, 1.807) is 0 Å². The maximum atomic E-state index is 12.0. The highest BCUT2D eigenvalue weighted by Gasteiger charge is 2.09. The van der Waals surface area contributed by atoms with Gasteiger partial charge in [-0.1, -0.05) is 29.8 Å². The van der Waals surface area contributed by atoms with E-state index in [4.69, 9.17) is 16.3 Å².